The Bertz CT molecular complexity index is 952. The van der Waals surface area contributed by atoms with E-state index in [-0.39, 0.29) is 18.9 Å². The summed E-state index contributed by atoms with van der Waals surface area (Å²) in [7, 11) is 0. The Kier molecular flexibility index (Phi) is 7.34. The molecule has 2 aromatic rings. The van der Waals surface area contributed by atoms with E-state index in [0.717, 1.165) is 24.0 Å². The van der Waals surface area contributed by atoms with Crippen molar-refractivity contribution in [3.8, 4) is 0 Å². The Morgan fingerprint density at radius 1 is 0.844 bits per heavy atom. The van der Waals surface area contributed by atoms with E-state index in [1.807, 2.05) is 57.2 Å². The van der Waals surface area contributed by atoms with Crippen LogP contribution in [-0.4, -0.2) is 35.5 Å². The molecule has 0 bridgehead atoms. The number of carbonyl (C=O) groups is 2. The lowest BCUT2D eigenvalue weighted by Gasteiger charge is -2.32. The zero-order valence-corrected chi connectivity index (χ0v) is 19.8. The van der Waals surface area contributed by atoms with E-state index in [9.17, 15) is 9.59 Å². The SMILES string of the molecule is CCc1ccc(/C=C2\CN(C(=O)OC(C)(C)C)C/C(=C\c3ccc(CC)cc3)C2=O)cc1. The van der Waals surface area contributed by atoms with Crippen LogP contribution in [0.4, 0.5) is 4.79 Å². The number of rotatable bonds is 4. The highest BCUT2D eigenvalue weighted by Gasteiger charge is 2.31. The van der Waals surface area contributed by atoms with Crippen molar-refractivity contribution >= 4 is 24.0 Å². The summed E-state index contributed by atoms with van der Waals surface area (Å²) < 4.78 is 5.59. The summed E-state index contributed by atoms with van der Waals surface area (Å²) in [5.74, 6) is -0.0241. The average molecular weight is 432 g/mol. The lowest BCUT2D eigenvalue weighted by molar-refractivity contribution is -0.113. The number of aryl methyl sites for hydroxylation is 2. The topological polar surface area (TPSA) is 46.6 Å². The molecular formula is C28H33NO3. The minimum absolute atomic E-state index is 0.0241. The number of hydrogen-bond acceptors (Lipinski definition) is 3. The molecule has 1 aliphatic rings. The minimum atomic E-state index is -0.599. The molecule has 1 aliphatic heterocycles. The van der Waals surface area contributed by atoms with E-state index < -0.39 is 11.7 Å². The normalized spacial score (nSPS) is 17.2. The Balaban J connectivity index is 1.95. The van der Waals surface area contributed by atoms with Crippen LogP contribution in [0.2, 0.25) is 0 Å². The second-order valence-corrected chi connectivity index (χ2v) is 9.19. The summed E-state index contributed by atoms with van der Waals surface area (Å²) in [6.07, 6.45) is 5.28. The van der Waals surface area contributed by atoms with Crippen LogP contribution in [-0.2, 0) is 22.4 Å². The van der Waals surface area contributed by atoms with Gasteiger partial charge in [-0.15, -0.1) is 0 Å². The first-order valence-corrected chi connectivity index (χ1v) is 11.3. The molecule has 4 heteroatoms. The minimum Gasteiger partial charge on any atom is -0.444 e. The number of likely N-dealkylation sites (tertiary alicyclic amines) is 1. The van der Waals surface area contributed by atoms with Crippen molar-refractivity contribution in [1.82, 2.24) is 4.90 Å². The molecule has 0 saturated carbocycles. The van der Waals surface area contributed by atoms with Crippen LogP contribution >= 0.6 is 0 Å². The number of nitrogens with zero attached hydrogens (tertiary/aromatic N) is 1. The standard InChI is InChI=1S/C28H33NO3/c1-6-20-8-12-22(13-9-20)16-24-18-29(27(31)32-28(3,4)5)19-25(26(24)30)17-23-14-10-21(7-2)11-15-23/h8-17H,6-7,18-19H2,1-5H3/b24-16+,25-17+. The molecule has 1 amide bonds. The number of ketones is 1. The van der Waals surface area contributed by atoms with Gasteiger partial charge in [-0.25, -0.2) is 4.79 Å². The predicted octanol–water partition coefficient (Wildman–Crippen LogP) is 6.10. The van der Waals surface area contributed by atoms with Crippen molar-refractivity contribution < 1.29 is 14.3 Å². The quantitative estimate of drug-likeness (QED) is 0.550. The molecule has 1 saturated heterocycles. The van der Waals surface area contributed by atoms with Gasteiger partial charge in [0, 0.05) is 11.1 Å². The summed E-state index contributed by atoms with van der Waals surface area (Å²) in [6.45, 7) is 10.2. The van der Waals surface area contributed by atoms with E-state index >= 15 is 0 Å². The zero-order valence-electron chi connectivity index (χ0n) is 19.8. The Morgan fingerprint density at radius 2 is 1.25 bits per heavy atom. The number of hydrogen-bond donors (Lipinski definition) is 0. The van der Waals surface area contributed by atoms with Gasteiger partial charge in [0.15, 0.2) is 5.78 Å². The van der Waals surface area contributed by atoms with Gasteiger partial charge in [-0.1, -0.05) is 62.4 Å². The first kappa shape index (κ1) is 23.5. The molecule has 1 fully saturated rings. The largest absolute Gasteiger partial charge is 0.444 e. The van der Waals surface area contributed by atoms with E-state index in [4.69, 9.17) is 4.74 Å². The van der Waals surface area contributed by atoms with Crippen LogP contribution < -0.4 is 0 Å². The Hall–Kier alpha value is -3.14. The molecule has 0 unspecified atom stereocenters. The van der Waals surface area contributed by atoms with Gasteiger partial charge in [0.25, 0.3) is 0 Å². The highest BCUT2D eigenvalue weighted by molar-refractivity contribution is 6.15. The number of benzene rings is 2. The highest BCUT2D eigenvalue weighted by atomic mass is 16.6. The number of Topliss-reactive ketones (excluding diaryl/α,β-unsaturated/α-hetero) is 1. The molecule has 2 aromatic carbocycles. The van der Waals surface area contributed by atoms with Gasteiger partial charge >= 0.3 is 6.09 Å². The fraction of sp³-hybridized carbons (Fsp3) is 0.357. The second kappa shape index (κ2) is 9.99. The Labute approximate surface area is 191 Å². The molecule has 4 nitrogen and oxygen atoms in total. The Morgan fingerprint density at radius 3 is 1.59 bits per heavy atom. The average Bonchev–Trinajstić information content (AvgIpc) is 2.76. The third-order valence-corrected chi connectivity index (χ3v) is 5.42. The van der Waals surface area contributed by atoms with E-state index in [2.05, 4.69) is 38.1 Å². The number of ether oxygens (including phenoxy) is 1. The molecule has 1 heterocycles. The van der Waals surface area contributed by atoms with Crippen LogP contribution in [0, 0.1) is 0 Å². The van der Waals surface area contributed by atoms with Gasteiger partial charge in [0.1, 0.15) is 5.60 Å². The van der Waals surface area contributed by atoms with Crippen molar-refractivity contribution in [2.45, 2.75) is 53.1 Å². The molecule has 3 rings (SSSR count). The van der Waals surface area contributed by atoms with Gasteiger partial charge in [0.2, 0.25) is 0 Å². The van der Waals surface area contributed by atoms with Crippen LogP contribution in [0.15, 0.2) is 59.7 Å². The summed E-state index contributed by atoms with van der Waals surface area (Å²) in [5, 5.41) is 0. The van der Waals surface area contributed by atoms with Gasteiger partial charge in [-0.3, -0.25) is 9.69 Å². The third kappa shape index (κ3) is 6.19. The molecule has 32 heavy (non-hydrogen) atoms. The van der Waals surface area contributed by atoms with Crippen LogP contribution in [0.3, 0.4) is 0 Å². The number of piperidine rings is 1. The molecule has 0 aliphatic carbocycles. The van der Waals surface area contributed by atoms with E-state index in [1.54, 1.807) is 4.90 Å². The fourth-order valence-electron chi connectivity index (χ4n) is 3.60. The lowest BCUT2D eigenvalue weighted by Crippen LogP contribution is -2.44. The first-order chi connectivity index (χ1) is 15.2. The number of amides is 1. The van der Waals surface area contributed by atoms with Crippen molar-refractivity contribution in [3.05, 3.63) is 81.9 Å². The van der Waals surface area contributed by atoms with Crippen molar-refractivity contribution in [2.75, 3.05) is 13.1 Å². The molecule has 0 atom stereocenters. The summed E-state index contributed by atoms with van der Waals surface area (Å²) >= 11 is 0. The number of carbonyl (C=O) groups excluding carboxylic acids is 2. The smallest absolute Gasteiger partial charge is 0.410 e. The van der Waals surface area contributed by atoms with Crippen molar-refractivity contribution in [3.63, 3.8) is 0 Å². The van der Waals surface area contributed by atoms with Gasteiger partial charge in [0.05, 0.1) is 13.1 Å². The van der Waals surface area contributed by atoms with Crippen molar-refractivity contribution in [1.29, 1.82) is 0 Å². The maximum atomic E-state index is 13.3. The zero-order chi connectivity index (χ0) is 23.3. The highest BCUT2D eigenvalue weighted by Crippen LogP contribution is 2.24. The van der Waals surface area contributed by atoms with Gasteiger partial charge < -0.3 is 4.74 Å². The molecular weight excluding hydrogens is 398 g/mol. The monoisotopic (exact) mass is 431 g/mol. The van der Waals surface area contributed by atoms with E-state index in [0.29, 0.717) is 11.1 Å². The maximum Gasteiger partial charge on any atom is 0.410 e. The third-order valence-electron chi connectivity index (χ3n) is 5.42. The molecule has 0 radical (unpaired) electrons. The summed E-state index contributed by atoms with van der Waals surface area (Å²) in [5.41, 5.74) is 4.96. The maximum absolute atomic E-state index is 13.3. The lowest BCUT2D eigenvalue weighted by atomic mass is 9.94. The van der Waals surface area contributed by atoms with Crippen LogP contribution in [0.1, 0.15) is 56.9 Å². The van der Waals surface area contributed by atoms with Crippen LogP contribution in [0.25, 0.3) is 12.2 Å². The molecule has 0 spiro atoms. The summed E-state index contributed by atoms with van der Waals surface area (Å²) in [4.78, 5) is 27.7. The first-order valence-electron chi connectivity index (χ1n) is 11.3. The van der Waals surface area contributed by atoms with Crippen molar-refractivity contribution in [2.24, 2.45) is 0 Å². The molecule has 0 aromatic heterocycles. The van der Waals surface area contributed by atoms with E-state index in [1.165, 1.54) is 11.1 Å². The molecule has 168 valence electrons. The predicted molar refractivity (Wildman–Crippen MR) is 130 cm³/mol. The van der Waals surface area contributed by atoms with Crippen LogP contribution in [0.5, 0.6) is 0 Å². The van der Waals surface area contributed by atoms with Gasteiger partial charge in [-0.05, 0) is 68.0 Å². The van der Waals surface area contributed by atoms with Gasteiger partial charge in [-0.2, -0.15) is 0 Å². The fourth-order valence-corrected chi connectivity index (χ4v) is 3.60. The molecule has 0 N–H and O–H groups in total. The summed E-state index contributed by atoms with van der Waals surface area (Å²) in [6, 6.07) is 16.3. The second-order valence-electron chi connectivity index (χ2n) is 9.19.